The number of esters is 1. The van der Waals surface area contributed by atoms with E-state index in [-0.39, 0.29) is 12.5 Å². The Hall–Kier alpha value is -3.73. The highest BCUT2D eigenvalue weighted by atomic mass is 19.1. The Morgan fingerprint density at radius 1 is 1.19 bits per heavy atom. The normalized spacial score (nSPS) is 10.3. The van der Waals surface area contributed by atoms with Crippen molar-refractivity contribution in [3.8, 4) is 17.5 Å². The first kappa shape index (κ1) is 17.1. The van der Waals surface area contributed by atoms with Crippen LogP contribution < -0.4 is 5.76 Å². The van der Waals surface area contributed by atoms with E-state index in [4.69, 9.17) is 14.4 Å². The van der Waals surface area contributed by atoms with Gasteiger partial charge in [0.25, 0.3) is 0 Å². The van der Waals surface area contributed by atoms with Crippen molar-refractivity contribution in [1.82, 2.24) is 9.78 Å². The predicted molar refractivity (Wildman–Crippen MR) is 87.1 cm³/mol. The first-order valence-corrected chi connectivity index (χ1v) is 7.54. The van der Waals surface area contributed by atoms with Gasteiger partial charge in [-0.2, -0.15) is 9.94 Å². The van der Waals surface area contributed by atoms with E-state index in [1.54, 1.807) is 24.3 Å². The smallest absolute Gasteiger partial charge is 0.437 e. The van der Waals surface area contributed by atoms with E-state index in [0.717, 1.165) is 4.68 Å². The van der Waals surface area contributed by atoms with Gasteiger partial charge >= 0.3 is 11.7 Å². The second-order valence-corrected chi connectivity index (χ2v) is 5.31. The van der Waals surface area contributed by atoms with E-state index < -0.39 is 24.1 Å². The van der Waals surface area contributed by atoms with Crippen molar-refractivity contribution in [3.05, 3.63) is 76.0 Å². The fraction of sp³-hybridized carbons (Fsp3) is 0.111. The second-order valence-electron chi connectivity index (χ2n) is 5.31. The Balaban J connectivity index is 1.63. The molecule has 26 heavy (non-hydrogen) atoms. The molecule has 0 atom stereocenters. The van der Waals surface area contributed by atoms with Crippen molar-refractivity contribution in [2.24, 2.45) is 0 Å². The summed E-state index contributed by atoms with van der Waals surface area (Å²) in [6.07, 6.45) is 0. The molecule has 3 aromatic rings. The summed E-state index contributed by atoms with van der Waals surface area (Å²) in [6, 6.07) is 13.8. The largest absolute Gasteiger partial charge is 0.459 e. The number of ether oxygens (including phenoxy) is 1. The molecule has 1 aromatic heterocycles. The summed E-state index contributed by atoms with van der Waals surface area (Å²) in [4.78, 5) is 23.7. The third-order valence-electron chi connectivity index (χ3n) is 3.46. The molecule has 0 N–H and O–H groups in total. The third-order valence-corrected chi connectivity index (χ3v) is 3.46. The summed E-state index contributed by atoms with van der Waals surface area (Å²) in [5.74, 6) is -1.94. The summed E-state index contributed by atoms with van der Waals surface area (Å²) >= 11 is 0. The number of benzene rings is 2. The van der Waals surface area contributed by atoms with Crippen LogP contribution in [0, 0.1) is 17.1 Å². The Kier molecular flexibility index (Phi) is 4.90. The second kappa shape index (κ2) is 7.44. The number of halogens is 1. The molecule has 0 radical (unpaired) electrons. The topological polar surface area (TPSA) is 98.1 Å². The average Bonchev–Trinajstić information content (AvgIpc) is 3.01. The average molecular weight is 353 g/mol. The van der Waals surface area contributed by atoms with Crippen molar-refractivity contribution in [1.29, 1.82) is 5.26 Å². The Morgan fingerprint density at radius 2 is 1.88 bits per heavy atom. The molecule has 0 unspecified atom stereocenters. The molecule has 0 saturated carbocycles. The number of carbonyl (C=O) groups excluding carboxylic acids is 1. The lowest BCUT2D eigenvalue weighted by Gasteiger charge is -2.04. The van der Waals surface area contributed by atoms with Crippen molar-refractivity contribution in [2.75, 3.05) is 0 Å². The van der Waals surface area contributed by atoms with Gasteiger partial charge in [-0.25, -0.2) is 9.18 Å². The van der Waals surface area contributed by atoms with E-state index in [0.29, 0.717) is 16.7 Å². The summed E-state index contributed by atoms with van der Waals surface area (Å²) < 4.78 is 23.8. The van der Waals surface area contributed by atoms with Crippen LogP contribution >= 0.6 is 0 Å². The quantitative estimate of drug-likeness (QED) is 0.653. The molecular formula is C18H12FN3O4. The van der Waals surface area contributed by atoms with E-state index in [1.165, 1.54) is 24.3 Å². The van der Waals surface area contributed by atoms with Crippen LogP contribution in [-0.2, 0) is 22.7 Å². The molecule has 2 aromatic carbocycles. The summed E-state index contributed by atoms with van der Waals surface area (Å²) in [6.45, 7) is -0.415. The fourth-order valence-corrected chi connectivity index (χ4v) is 2.12. The minimum absolute atomic E-state index is 0.00195. The Morgan fingerprint density at radius 3 is 2.54 bits per heavy atom. The number of aromatic nitrogens is 2. The Bertz CT molecular complexity index is 1010. The van der Waals surface area contributed by atoms with Crippen molar-refractivity contribution < 1.29 is 18.3 Å². The molecule has 7 nitrogen and oxygen atoms in total. The van der Waals surface area contributed by atoms with Crippen LogP contribution in [0.4, 0.5) is 4.39 Å². The lowest BCUT2D eigenvalue weighted by molar-refractivity contribution is -0.146. The highest BCUT2D eigenvalue weighted by Gasteiger charge is 2.14. The zero-order valence-corrected chi connectivity index (χ0v) is 13.4. The van der Waals surface area contributed by atoms with Crippen LogP contribution in [0.15, 0.2) is 57.7 Å². The van der Waals surface area contributed by atoms with E-state index >= 15 is 0 Å². The van der Waals surface area contributed by atoms with Gasteiger partial charge in [-0.3, -0.25) is 4.79 Å². The number of hydrogen-bond acceptors (Lipinski definition) is 6. The first-order valence-electron chi connectivity index (χ1n) is 7.54. The molecule has 0 fully saturated rings. The van der Waals surface area contributed by atoms with Crippen LogP contribution in [0.3, 0.4) is 0 Å². The number of carbonyl (C=O) groups is 1. The molecule has 1 heterocycles. The zero-order chi connectivity index (χ0) is 18.5. The van der Waals surface area contributed by atoms with Gasteiger partial charge < -0.3 is 9.15 Å². The molecule has 130 valence electrons. The van der Waals surface area contributed by atoms with E-state index in [9.17, 15) is 14.0 Å². The molecule has 0 saturated heterocycles. The standard InChI is InChI=1S/C18H12FN3O4/c19-15-7-5-14(6-8-15)17-21-22(18(24)26-17)10-16(23)25-11-13-3-1-12(9-20)2-4-13/h1-8H,10-11H2. The van der Waals surface area contributed by atoms with Crippen molar-refractivity contribution in [3.63, 3.8) is 0 Å². The summed E-state index contributed by atoms with van der Waals surface area (Å²) in [7, 11) is 0. The maximum absolute atomic E-state index is 12.9. The molecule has 0 aliphatic rings. The van der Waals surface area contributed by atoms with Crippen LogP contribution in [0.5, 0.6) is 0 Å². The highest BCUT2D eigenvalue weighted by Crippen LogP contribution is 2.15. The Labute approximate surface area is 146 Å². The SMILES string of the molecule is N#Cc1ccc(COC(=O)Cn2nc(-c3ccc(F)cc3)oc2=O)cc1. The highest BCUT2D eigenvalue weighted by molar-refractivity contribution is 5.69. The molecule has 0 bridgehead atoms. The van der Waals surface area contributed by atoms with Gasteiger partial charge in [0.05, 0.1) is 11.6 Å². The van der Waals surface area contributed by atoms with Gasteiger partial charge in [0.15, 0.2) is 0 Å². The maximum Gasteiger partial charge on any atom is 0.437 e. The van der Waals surface area contributed by atoms with Crippen LogP contribution in [0.2, 0.25) is 0 Å². The molecular weight excluding hydrogens is 341 g/mol. The minimum atomic E-state index is -0.820. The van der Waals surface area contributed by atoms with Crippen LogP contribution in [0.25, 0.3) is 11.5 Å². The van der Waals surface area contributed by atoms with Gasteiger partial charge in [-0.15, -0.1) is 5.10 Å². The van der Waals surface area contributed by atoms with Crippen LogP contribution in [-0.4, -0.2) is 15.7 Å². The summed E-state index contributed by atoms with van der Waals surface area (Å²) in [5, 5.41) is 12.6. The van der Waals surface area contributed by atoms with E-state index in [2.05, 4.69) is 5.10 Å². The minimum Gasteiger partial charge on any atom is -0.459 e. The van der Waals surface area contributed by atoms with Gasteiger partial charge in [0.2, 0.25) is 5.89 Å². The summed E-state index contributed by atoms with van der Waals surface area (Å²) in [5.41, 5.74) is 1.62. The van der Waals surface area contributed by atoms with Crippen molar-refractivity contribution >= 4 is 5.97 Å². The van der Waals surface area contributed by atoms with E-state index in [1.807, 2.05) is 6.07 Å². The molecule has 0 spiro atoms. The molecule has 8 heteroatoms. The molecule has 0 aliphatic carbocycles. The monoisotopic (exact) mass is 353 g/mol. The molecule has 0 aliphatic heterocycles. The van der Waals surface area contributed by atoms with Gasteiger partial charge in [-0.1, -0.05) is 12.1 Å². The molecule has 3 rings (SSSR count). The first-order chi connectivity index (χ1) is 12.5. The number of nitriles is 1. The number of rotatable bonds is 5. The van der Waals surface area contributed by atoms with Crippen molar-refractivity contribution in [2.45, 2.75) is 13.2 Å². The lowest BCUT2D eigenvalue weighted by atomic mass is 10.2. The van der Waals surface area contributed by atoms with Gasteiger partial charge in [0.1, 0.15) is 19.0 Å². The number of nitrogens with zero attached hydrogens (tertiary/aromatic N) is 3. The molecule has 0 amide bonds. The third kappa shape index (κ3) is 4.02. The van der Waals surface area contributed by atoms with Crippen LogP contribution in [0.1, 0.15) is 11.1 Å². The zero-order valence-electron chi connectivity index (χ0n) is 13.4. The van der Waals surface area contributed by atoms with Gasteiger partial charge in [-0.05, 0) is 42.0 Å². The fourth-order valence-electron chi connectivity index (χ4n) is 2.12. The lowest BCUT2D eigenvalue weighted by Crippen LogP contribution is -2.22. The van der Waals surface area contributed by atoms with Gasteiger partial charge in [0, 0.05) is 5.56 Å². The number of hydrogen-bond donors (Lipinski definition) is 0. The maximum atomic E-state index is 12.9. The predicted octanol–water partition coefficient (Wildman–Crippen LogP) is 2.26.